The van der Waals surface area contributed by atoms with Crippen LogP contribution in [-0.4, -0.2) is 30.4 Å². The standard InChI is InChI=1S/C13H26N2O/c1-6-11(4)13(16)14-9-10-15(8-3)12(5)7-2/h7,11H,6,8-10H2,1-5H3,(H,14,16)/b12-7+. The molecule has 0 heterocycles. The van der Waals surface area contributed by atoms with Crippen molar-refractivity contribution < 1.29 is 4.79 Å². The van der Waals surface area contributed by atoms with Gasteiger partial charge in [0.2, 0.25) is 5.91 Å². The molecule has 0 aliphatic heterocycles. The Morgan fingerprint density at radius 2 is 2.06 bits per heavy atom. The minimum atomic E-state index is 0.123. The Bertz CT molecular complexity index is 236. The summed E-state index contributed by atoms with van der Waals surface area (Å²) in [6.45, 7) is 12.8. The summed E-state index contributed by atoms with van der Waals surface area (Å²) in [5.74, 6) is 0.287. The van der Waals surface area contributed by atoms with E-state index in [-0.39, 0.29) is 11.8 Å². The van der Waals surface area contributed by atoms with E-state index < -0.39 is 0 Å². The maximum absolute atomic E-state index is 11.5. The molecule has 3 heteroatoms. The summed E-state index contributed by atoms with van der Waals surface area (Å²) in [5, 5.41) is 2.97. The van der Waals surface area contributed by atoms with Crippen LogP contribution in [0.5, 0.6) is 0 Å². The Morgan fingerprint density at radius 3 is 2.50 bits per heavy atom. The number of nitrogens with one attached hydrogen (secondary N) is 1. The number of hydrogen-bond donors (Lipinski definition) is 1. The van der Waals surface area contributed by atoms with Crippen LogP contribution in [0.25, 0.3) is 0 Å². The van der Waals surface area contributed by atoms with E-state index in [1.54, 1.807) is 0 Å². The highest BCUT2D eigenvalue weighted by atomic mass is 16.1. The molecule has 3 nitrogen and oxygen atoms in total. The van der Waals surface area contributed by atoms with Crippen molar-refractivity contribution in [2.24, 2.45) is 5.92 Å². The third-order valence-corrected chi connectivity index (χ3v) is 3.04. The maximum Gasteiger partial charge on any atom is 0.222 e. The van der Waals surface area contributed by atoms with Gasteiger partial charge in [-0.1, -0.05) is 19.9 Å². The fourth-order valence-electron chi connectivity index (χ4n) is 1.44. The van der Waals surface area contributed by atoms with Crippen LogP contribution in [0.4, 0.5) is 0 Å². The summed E-state index contributed by atoms with van der Waals surface area (Å²) < 4.78 is 0. The number of likely N-dealkylation sites (N-methyl/N-ethyl adjacent to an activating group) is 1. The first-order valence-electron chi connectivity index (χ1n) is 6.22. The summed E-state index contributed by atoms with van der Waals surface area (Å²) in [6.07, 6.45) is 3.00. The van der Waals surface area contributed by atoms with Crippen molar-refractivity contribution in [2.75, 3.05) is 19.6 Å². The zero-order valence-electron chi connectivity index (χ0n) is 11.3. The SMILES string of the molecule is C/C=C(\C)N(CC)CCNC(=O)C(C)CC. The lowest BCUT2D eigenvalue weighted by Gasteiger charge is -2.24. The van der Waals surface area contributed by atoms with Gasteiger partial charge in [0.1, 0.15) is 0 Å². The van der Waals surface area contributed by atoms with E-state index in [1.807, 2.05) is 20.8 Å². The van der Waals surface area contributed by atoms with Crippen LogP contribution in [0.1, 0.15) is 41.0 Å². The molecule has 94 valence electrons. The highest BCUT2D eigenvalue weighted by Gasteiger charge is 2.09. The lowest BCUT2D eigenvalue weighted by molar-refractivity contribution is -0.124. The largest absolute Gasteiger partial charge is 0.374 e. The lowest BCUT2D eigenvalue weighted by atomic mass is 10.1. The van der Waals surface area contributed by atoms with Crippen LogP contribution in [0.3, 0.4) is 0 Å². The van der Waals surface area contributed by atoms with Gasteiger partial charge in [-0.2, -0.15) is 0 Å². The van der Waals surface area contributed by atoms with E-state index in [0.717, 1.165) is 26.1 Å². The first-order valence-corrected chi connectivity index (χ1v) is 6.22. The van der Waals surface area contributed by atoms with Gasteiger partial charge in [-0.3, -0.25) is 4.79 Å². The van der Waals surface area contributed by atoms with Gasteiger partial charge in [-0.25, -0.2) is 0 Å². The molecule has 1 unspecified atom stereocenters. The molecule has 1 amide bonds. The Hall–Kier alpha value is -0.990. The topological polar surface area (TPSA) is 32.3 Å². The third-order valence-electron chi connectivity index (χ3n) is 3.04. The van der Waals surface area contributed by atoms with Crippen molar-refractivity contribution in [2.45, 2.75) is 41.0 Å². The molecule has 0 saturated heterocycles. The molecular formula is C13H26N2O. The first-order chi connectivity index (χ1) is 7.56. The van der Waals surface area contributed by atoms with Gasteiger partial charge in [0.15, 0.2) is 0 Å². The van der Waals surface area contributed by atoms with Gasteiger partial charge in [0, 0.05) is 31.2 Å². The molecule has 0 spiro atoms. The number of carbonyl (C=O) groups is 1. The van der Waals surface area contributed by atoms with Gasteiger partial charge >= 0.3 is 0 Å². The Kier molecular flexibility index (Phi) is 7.69. The minimum Gasteiger partial charge on any atom is -0.374 e. The summed E-state index contributed by atoms with van der Waals surface area (Å²) in [6, 6.07) is 0. The number of carbonyl (C=O) groups excluding carboxylic acids is 1. The predicted octanol–water partition coefficient (Wildman–Crippen LogP) is 2.39. The highest BCUT2D eigenvalue weighted by Crippen LogP contribution is 2.02. The summed E-state index contributed by atoms with van der Waals surface area (Å²) in [4.78, 5) is 13.8. The minimum absolute atomic E-state index is 0.123. The van der Waals surface area contributed by atoms with Crippen LogP contribution in [-0.2, 0) is 4.79 Å². The highest BCUT2D eigenvalue weighted by molar-refractivity contribution is 5.78. The van der Waals surface area contributed by atoms with E-state index in [0.29, 0.717) is 0 Å². The monoisotopic (exact) mass is 226 g/mol. The van der Waals surface area contributed by atoms with Gasteiger partial charge in [-0.05, 0) is 27.2 Å². The number of amides is 1. The van der Waals surface area contributed by atoms with E-state index in [1.165, 1.54) is 5.70 Å². The van der Waals surface area contributed by atoms with Gasteiger partial charge in [0.25, 0.3) is 0 Å². The Balaban J connectivity index is 3.92. The van der Waals surface area contributed by atoms with Crippen molar-refractivity contribution in [3.8, 4) is 0 Å². The molecule has 0 fully saturated rings. The molecular weight excluding hydrogens is 200 g/mol. The Labute approximate surface area is 99.9 Å². The molecule has 0 aliphatic carbocycles. The van der Waals surface area contributed by atoms with Crippen molar-refractivity contribution in [1.29, 1.82) is 0 Å². The quantitative estimate of drug-likeness (QED) is 0.723. The molecule has 0 bridgehead atoms. The third kappa shape index (κ3) is 5.19. The smallest absolute Gasteiger partial charge is 0.222 e. The molecule has 0 radical (unpaired) electrons. The summed E-state index contributed by atoms with van der Waals surface area (Å²) in [5.41, 5.74) is 1.26. The van der Waals surface area contributed by atoms with Crippen LogP contribution < -0.4 is 5.32 Å². The van der Waals surface area contributed by atoms with E-state index in [9.17, 15) is 4.79 Å². The molecule has 16 heavy (non-hydrogen) atoms. The van der Waals surface area contributed by atoms with Gasteiger partial charge in [-0.15, -0.1) is 0 Å². The Morgan fingerprint density at radius 1 is 1.44 bits per heavy atom. The van der Waals surface area contributed by atoms with Crippen LogP contribution in [0, 0.1) is 5.92 Å². The molecule has 0 aromatic carbocycles. The molecule has 0 aromatic heterocycles. The molecule has 1 atom stereocenters. The maximum atomic E-state index is 11.5. The molecule has 0 saturated carbocycles. The molecule has 1 N–H and O–H groups in total. The summed E-state index contributed by atoms with van der Waals surface area (Å²) >= 11 is 0. The van der Waals surface area contributed by atoms with Crippen LogP contribution >= 0.6 is 0 Å². The van der Waals surface area contributed by atoms with Crippen molar-refractivity contribution in [1.82, 2.24) is 10.2 Å². The average molecular weight is 226 g/mol. The lowest BCUT2D eigenvalue weighted by Crippen LogP contribution is -2.36. The average Bonchev–Trinajstić information content (AvgIpc) is 2.32. The predicted molar refractivity (Wildman–Crippen MR) is 69.1 cm³/mol. The van der Waals surface area contributed by atoms with E-state index in [4.69, 9.17) is 0 Å². The molecule has 0 aromatic rings. The van der Waals surface area contributed by atoms with Gasteiger partial charge < -0.3 is 10.2 Å². The normalized spacial score (nSPS) is 13.4. The number of hydrogen-bond acceptors (Lipinski definition) is 2. The second-order valence-corrected chi connectivity index (χ2v) is 4.11. The fourth-order valence-corrected chi connectivity index (χ4v) is 1.44. The van der Waals surface area contributed by atoms with Crippen molar-refractivity contribution in [3.63, 3.8) is 0 Å². The molecule has 0 aliphatic rings. The summed E-state index contributed by atoms with van der Waals surface area (Å²) in [7, 11) is 0. The zero-order valence-corrected chi connectivity index (χ0v) is 11.3. The molecule has 0 rings (SSSR count). The van der Waals surface area contributed by atoms with Crippen molar-refractivity contribution >= 4 is 5.91 Å². The van der Waals surface area contributed by atoms with Crippen LogP contribution in [0.15, 0.2) is 11.8 Å². The van der Waals surface area contributed by atoms with Gasteiger partial charge in [0.05, 0.1) is 0 Å². The number of allylic oxidation sites excluding steroid dienone is 2. The van der Waals surface area contributed by atoms with Crippen LogP contribution in [0.2, 0.25) is 0 Å². The van der Waals surface area contributed by atoms with E-state index >= 15 is 0 Å². The number of nitrogens with zero attached hydrogens (tertiary/aromatic N) is 1. The number of rotatable bonds is 7. The van der Waals surface area contributed by atoms with Crippen molar-refractivity contribution in [3.05, 3.63) is 11.8 Å². The van der Waals surface area contributed by atoms with E-state index in [2.05, 4.69) is 30.1 Å². The first kappa shape index (κ1) is 15.0. The second-order valence-electron chi connectivity index (χ2n) is 4.11. The second kappa shape index (κ2) is 8.20. The zero-order chi connectivity index (χ0) is 12.6. The fraction of sp³-hybridized carbons (Fsp3) is 0.769.